The average Bonchev–Trinajstić information content (AvgIpc) is 3.20. The molecule has 0 unspecified atom stereocenters. The number of hydrogen-bond acceptors (Lipinski definition) is 6. The van der Waals surface area contributed by atoms with Crippen molar-refractivity contribution in [1.29, 1.82) is 0 Å². The number of thioether (sulfide) groups is 1. The minimum absolute atomic E-state index is 0.217. The zero-order valence-electron chi connectivity index (χ0n) is 16.3. The minimum atomic E-state index is -0.491. The van der Waals surface area contributed by atoms with Crippen LogP contribution in [0.2, 0.25) is 0 Å². The number of esters is 1. The zero-order valence-corrected chi connectivity index (χ0v) is 18.0. The molecule has 0 aliphatic carbocycles. The number of ether oxygens (including phenoxy) is 1. The Labute approximate surface area is 182 Å². The van der Waals surface area contributed by atoms with Crippen molar-refractivity contribution in [3.8, 4) is 0 Å². The Morgan fingerprint density at radius 3 is 2.53 bits per heavy atom. The number of nitrogens with zero attached hydrogens (tertiary/aromatic N) is 1. The number of Topliss-reactive ketones (excluding diaryl/α,β-unsaturated/α-hetero) is 1. The number of benzene rings is 3. The summed E-state index contributed by atoms with van der Waals surface area (Å²) >= 11 is 3.17. The van der Waals surface area contributed by atoms with Crippen LogP contribution in [0.3, 0.4) is 0 Å². The molecular formula is C24H19NO3S2. The largest absolute Gasteiger partial charge is 0.454 e. The minimum Gasteiger partial charge on any atom is -0.454 e. The molecule has 0 N–H and O–H groups in total. The third-order valence-electron chi connectivity index (χ3n) is 4.61. The van der Waals surface area contributed by atoms with E-state index in [9.17, 15) is 9.59 Å². The van der Waals surface area contributed by atoms with Crippen molar-refractivity contribution in [2.45, 2.75) is 17.0 Å². The molecule has 0 aliphatic rings. The number of hydrogen-bond donors (Lipinski definition) is 0. The van der Waals surface area contributed by atoms with Crippen LogP contribution in [0.25, 0.3) is 10.8 Å². The summed E-state index contributed by atoms with van der Waals surface area (Å²) in [6, 6.07) is 20.5. The molecule has 0 aliphatic heterocycles. The number of carbonyl (C=O) groups is 2. The van der Waals surface area contributed by atoms with Crippen LogP contribution in [0.4, 0.5) is 0 Å². The van der Waals surface area contributed by atoms with E-state index in [1.54, 1.807) is 41.3 Å². The van der Waals surface area contributed by atoms with E-state index >= 15 is 0 Å². The second-order valence-electron chi connectivity index (χ2n) is 6.73. The van der Waals surface area contributed by atoms with Gasteiger partial charge in [0.15, 0.2) is 6.61 Å². The van der Waals surface area contributed by atoms with Gasteiger partial charge < -0.3 is 4.74 Å². The predicted octanol–water partition coefficient (Wildman–Crippen LogP) is 5.94. The van der Waals surface area contributed by atoms with Crippen LogP contribution in [-0.2, 0) is 10.5 Å². The van der Waals surface area contributed by atoms with E-state index in [0.717, 1.165) is 26.4 Å². The van der Waals surface area contributed by atoms with Gasteiger partial charge in [-0.3, -0.25) is 4.79 Å². The van der Waals surface area contributed by atoms with E-state index in [1.165, 1.54) is 0 Å². The van der Waals surface area contributed by atoms with Crippen LogP contribution < -0.4 is 0 Å². The van der Waals surface area contributed by atoms with Gasteiger partial charge in [-0.2, -0.15) is 0 Å². The van der Waals surface area contributed by atoms with E-state index < -0.39 is 5.97 Å². The third-order valence-corrected chi connectivity index (χ3v) is 6.80. The fourth-order valence-electron chi connectivity index (χ4n) is 3.14. The van der Waals surface area contributed by atoms with Crippen LogP contribution in [0.1, 0.15) is 32.0 Å². The maximum absolute atomic E-state index is 12.7. The van der Waals surface area contributed by atoms with Gasteiger partial charge in [-0.15, -0.1) is 11.3 Å². The number of ketones is 1. The molecule has 6 heteroatoms. The van der Waals surface area contributed by atoms with Crippen molar-refractivity contribution >= 4 is 45.6 Å². The summed E-state index contributed by atoms with van der Waals surface area (Å²) in [6.45, 7) is 1.67. The van der Waals surface area contributed by atoms with Gasteiger partial charge >= 0.3 is 5.97 Å². The lowest BCUT2D eigenvalue weighted by Gasteiger charge is -2.10. The summed E-state index contributed by atoms with van der Waals surface area (Å²) in [7, 11) is 0. The second kappa shape index (κ2) is 9.24. The number of aryl methyl sites for hydroxylation is 1. The van der Waals surface area contributed by atoms with Gasteiger partial charge in [-0.1, -0.05) is 72.4 Å². The maximum atomic E-state index is 12.7. The second-order valence-corrected chi connectivity index (χ2v) is 8.81. The quantitative estimate of drug-likeness (QED) is 0.205. The summed E-state index contributed by atoms with van der Waals surface area (Å²) in [4.78, 5) is 29.8. The van der Waals surface area contributed by atoms with Crippen LogP contribution in [0, 0.1) is 6.92 Å². The van der Waals surface area contributed by atoms with Gasteiger partial charge in [0.2, 0.25) is 5.78 Å². The van der Waals surface area contributed by atoms with Crippen molar-refractivity contribution in [2.75, 3.05) is 6.61 Å². The van der Waals surface area contributed by atoms with Crippen molar-refractivity contribution in [1.82, 2.24) is 4.98 Å². The van der Waals surface area contributed by atoms with Gasteiger partial charge in [0.05, 0.1) is 5.56 Å². The lowest BCUT2D eigenvalue weighted by atomic mass is 10.0. The molecule has 4 nitrogen and oxygen atoms in total. The standard InChI is InChI=1S/C24H19NO3S2/c1-16-14-29-24(25-16)30-15-18-8-3-5-11-20(18)23(27)28-13-22(26)21-12-6-9-17-7-2-4-10-19(17)21/h2-12,14H,13,15H2,1H3. The van der Waals surface area contributed by atoms with Crippen molar-refractivity contribution < 1.29 is 14.3 Å². The number of fused-ring (bicyclic) bond motifs is 1. The molecule has 0 amide bonds. The molecule has 0 radical (unpaired) electrons. The monoisotopic (exact) mass is 433 g/mol. The first-order chi connectivity index (χ1) is 14.6. The molecule has 0 saturated carbocycles. The smallest absolute Gasteiger partial charge is 0.338 e. The normalized spacial score (nSPS) is 10.8. The first-order valence-corrected chi connectivity index (χ1v) is 11.3. The molecular weight excluding hydrogens is 414 g/mol. The van der Waals surface area contributed by atoms with Gasteiger partial charge in [0.25, 0.3) is 0 Å². The van der Waals surface area contributed by atoms with Gasteiger partial charge in [0, 0.05) is 22.4 Å². The third kappa shape index (κ3) is 4.61. The van der Waals surface area contributed by atoms with Crippen LogP contribution in [-0.4, -0.2) is 23.3 Å². The van der Waals surface area contributed by atoms with Gasteiger partial charge in [-0.25, -0.2) is 9.78 Å². The highest BCUT2D eigenvalue weighted by atomic mass is 32.2. The summed E-state index contributed by atoms with van der Waals surface area (Å²) in [5.74, 6) is -0.101. The molecule has 0 bridgehead atoms. The van der Waals surface area contributed by atoms with Crippen LogP contribution in [0.15, 0.2) is 76.4 Å². The number of aromatic nitrogens is 1. The number of rotatable bonds is 7. The maximum Gasteiger partial charge on any atom is 0.338 e. The van der Waals surface area contributed by atoms with Crippen molar-refractivity contribution in [3.63, 3.8) is 0 Å². The molecule has 30 heavy (non-hydrogen) atoms. The lowest BCUT2D eigenvalue weighted by molar-refractivity contribution is 0.0474. The Balaban J connectivity index is 1.44. The van der Waals surface area contributed by atoms with E-state index in [-0.39, 0.29) is 12.4 Å². The van der Waals surface area contributed by atoms with E-state index in [1.807, 2.05) is 60.8 Å². The Bertz CT molecular complexity index is 1210. The average molecular weight is 434 g/mol. The summed E-state index contributed by atoms with van der Waals surface area (Å²) in [5.41, 5.74) is 2.88. The van der Waals surface area contributed by atoms with Crippen LogP contribution >= 0.6 is 23.1 Å². The SMILES string of the molecule is Cc1csc(SCc2ccccc2C(=O)OCC(=O)c2cccc3ccccc23)n1. The van der Waals surface area contributed by atoms with E-state index in [2.05, 4.69) is 4.98 Å². The number of thiazole rings is 1. The Morgan fingerprint density at radius 1 is 0.967 bits per heavy atom. The first kappa shape index (κ1) is 20.3. The molecule has 0 spiro atoms. The molecule has 0 saturated heterocycles. The number of carbonyl (C=O) groups excluding carboxylic acids is 2. The first-order valence-electron chi connectivity index (χ1n) is 9.43. The van der Waals surface area contributed by atoms with Gasteiger partial charge in [0.1, 0.15) is 4.34 Å². The molecule has 0 fully saturated rings. The topological polar surface area (TPSA) is 56.3 Å². The molecule has 150 valence electrons. The molecule has 0 atom stereocenters. The van der Waals surface area contributed by atoms with E-state index in [0.29, 0.717) is 16.9 Å². The Morgan fingerprint density at radius 2 is 1.70 bits per heavy atom. The molecule has 4 aromatic rings. The molecule has 1 aromatic heterocycles. The zero-order chi connectivity index (χ0) is 20.9. The Kier molecular flexibility index (Phi) is 6.26. The highest BCUT2D eigenvalue weighted by molar-refractivity contribution is 8.00. The summed E-state index contributed by atoms with van der Waals surface area (Å²) in [6.07, 6.45) is 0. The highest BCUT2D eigenvalue weighted by Crippen LogP contribution is 2.27. The molecule has 1 heterocycles. The molecule has 4 rings (SSSR count). The fraction of sp³-hybridized carbons (Fsp3) is 0.125. The Hall–Kier alpha value is -2.96. The predicted molar refractivity (Wildman–Crippen MR) is 121 cm³/mol. The highest BCUT2D eigenvalue weighted by Gasteiger charge is 2.16. The van der Waals surface area contributed by atoms with Gasteiger partial charge in [-0.05, 0) is 29.3 Å². The fourth-order valence-corrected chi connectivity index (χ4v) is 4.99. The van der Waals surface area contributed by atoms with Crippen molar-refractivity contribution in [3.05, 3.63) is 94.5 Å². The van der Waals surface area contributed by atoms with Crippen molar-refractivity contribution in [2.24, 2.45) is 0 Å². The molecule has 3 aromatic carbocycles. The van der Waals surface area contributed by atoms with E-state index in [4.69, 9.17) is 4.74 Å². The summed E-state index contributed by atoms with van der Waals surface area (Å²) < 4.78 is 6.34. The lowest BCUT2D eigenvalue weighted by Crippen LogP contribution is -2.15. The summed E-state index contributed by atoms with van der Waals surface area (Å²) in [5, 5.41) is 3.84. The van der Waals surface area contributed by atoms with Crippen LogP contribution in [0.5, 0.6) is 0 Å².